The minimum absolute atomic E-state index is 0.678. The van der Waals surface area contributed by atoms with Crippen molar-refractivity contribution in [3.05, 3.63) is 48.0 Å². The van der Waals surface area contributed by atoms with Crippen molar-refractivity contribution in [1.82, 2.24) is 39.2 Å². The zero-order chi connectivity index (χ0) is 83.7. The third kappa shape index (κ3) is 74.5. The van der Waals surface area contributed by atoms with Crippen molar-refractivity contribution < 1.29 is 13.9 Å². The standard InChI is InChI=1S/C13H19N.C10H21N.C9H17N.3C9H19N.C7H12FN.C7H15N.C5H12O.2C5H12.C4H10O.C4H10.C4H8/c1-12-7-9-14(10-8-12)11-13-5-3-2-4-6-13;1-3-4-7-11-8-5-10(2)6-9-11;1-8-4-6-10(7-5-8)9-2-3-9;2*1-3-6-10-7-4-9(2)5-8-10;1-3-6-10-7-4-5-9(2)8-10;1-7(8)4-9(5-7)6-2-3-6;1-7-3-5-8(2)6-4-7;1-3-4-5-6-2;1-4-5(2)3;1-3-5-4-2;1-3-4-5-2;2*1-3-4-2/h2-6,12H,7-11H2,1H3;10H,3-9H2,1-2H3;8-9H,2-7H2,1H3;3*9H,3-8H2,1-2H3;6H,2-5H2,1H3;7H,3-6H2,1-2H3;3-5H2,1-2H3;5H,4H2,1-3H3;3-5H2,1-2H3;3-4H2,1-2H3;3-4H2,1-2H3;3-4H,1-2H3/b;;;;;;;;;;;;;4-3+. The van der Waals surface area contributed by atoms with Crippen LogP contribution in [0.25, 0.3) is 0 Å². The summed E-state index contributed by atoms with van der Waals surface area (Å²) in [5.41, 5.74) is 0.588. The number of hydrogen-bond donors (Lipinski definition) is 0. The number of likely N-dealkylation sites (tertiary alicyclic amines) is 8. The van der Waals surface area contributed by atoms with Gasteiger partial charge >= 0.3 is 0 Å². The Hall–Kier alpha value is -1.51. The van der Waals surface area contributed by atoms with Crippen LogP contribution in [0.2, 0.25) is 0 Å². The lowest BCUT2D eigenvalue weighted by molar-refractivity contribution is -0.0227. The van der Waals surface area contributed by atoms with Crippen molar-refractivity contribution in [1.29, 1.82) is 0 Å². The molecule has 1 aromatic carbocycles. The fourth-order valence-electron chi connectivity index (χ4n) is 14.1. The first-order chi connectivity index (χ1) is 53.3. The Morgan fingerprint density at radius 2 is 0.739 bits per heavy atom. The number of nitrogens with zero attached hydrogens (tertiary/aromatic N) is 8. The number of hydrogen-bond acceptors (Lipinski definition) is 10. The molecule has 8 heterocycles. The lowest BCUT2D eigenvalue weighted by Crippen LogP contribution is -2.57. The summed E-state index contributed by atoms with van der Waals surface area (Å²) in [5.74, 6) is 7.67. The molecule has 1 unspecified atom stereocenters. The van der Waals surface area contributed by atoms with Crippen molar-refractivity contribution in [2.75, 3.05) is 165 Å². The molecule has 0 spiro atoms. The molecular formula is C100H205FN8O2. The van der Waals surface area contributed by atoms with E-state index < -0.39 is 5.67 Å². The van der Waals surface area contributed by atoms with E-state index in [4.69, 9.17) is 9.47 Å². The highest BCUT2D eigenvalue weighted by Gasteiger charge is 2.45. The van der Waals surface area contributed by atoms with Gasteiger partial charge in [0.1, 0.15) is 5.67 Å². The van der Waals surface area contributed by atoms with Crippen molar-refractivity contribution in [2.24, 2.45) is 47.3 Å². The number of methoxy groups -OCH3 is 2. The van der Waals surface area contributed by atoms with E-state index in [2.05, 4.69) is 215 Å². The van der Waals surface area contributed by atoms with Gasteiger partial charge in [0, 0.05) is 65.7 Å². The summed E-state index contributed by atoms with van der Waals surface area (Å²) in [7, 11) is 5.64. The Morgan fingerprint density at radius 1 is 0.387 bits per heavy atom. The van der Waals surface area contributed by atoms with Crippen LogP contribution < -0.4 is 0 Å². The molecule has 1 aromatic rings. The van der Waals surface area contributed by atoms with Crippen LogP contribution in [0.4, 0.5) is 4.39 Å². The van der Waals surface area contributed by atoms with Crippen LogP contribution in [0.3, 0.4) is 0 Å². The summed E-state index contributed by atoms with van der Waals surface area (Å²) in [6.45, 7) is 79.2. The molecule has 0 bridgehead atoms. The van der Waals surface area contributed by atoms with Crippen LogP contribution in [0.1, 0.15) is 370 Å². The number of ether oxygens (including phenoxy) is 2. The van der Waals surface area contributed by atoms with E-state index in [0.717, 1.165) is 85.6 Å². The average molecular weight is 1570 g/mol. The summed E-state index contributed by atoms with van der Waals surface area (Å²) < 4.78 is 22.3. The second kappa shape index (κ2) is 79.6. The van der Waals surface area contributed by atoms with Crippen LogP contribution in [0.15, 0.2) is 42.5 Å². The van der Waals surface area contributed by atoms with E-state index in [1.807, 2.05) is 26.0 Å². The van der Waals surface area contributed by atoms with Gasteiger partial charge < -0.3 is 38.9 Å². The number of allylic oxidation sites excluding steroid dienone is 2. The monoisotopic (exact) mass is 1570 g/mol. The molecule has 0 radical (unpaired) electrons. The number of rotatable bonds is 22. The predicted octanol–water partition coefficient (Wildman–Crippen LogP) is 26.4. The topological polar surface area (TPSA) is 44.4 Å². The number of benzene rings is 1. The quantitative estimate of drug-likeness (QED) is 0.0829. The lowest BCUT2D eigenvalue weighted by atomic mass is 9.99. The van der Waals surface area contributed by atoms with Crippen LogP contribution in [0, 0.1) is 47.3 Å². The maximum Gasteiger partial charge on any atom is 0.133 e. The molecule has 0 amide bonds. The molecule has 0 aromatic heterocycles. The fourth-order valence-corrected chi connectivity index (χ4v) is 14.1. The van der Waals surface area contributed by atoms with Gasteiger partial charge in [-0.25, -0.2) is 4.39 Å². The van der Waals surface area contributed by atoms with Gasteiger partial charge in [0.25, 0.3) is 0 Å². The highest BCUT2D eigenvalue weighted by Crippen LogP contribution is 2.36. The lowest BCUT2D eigenvalue weighted by Gasteiger charge is -2.42. The number of piperidine rings is 7. The van der Waals surface area contributed by atoms with Crippen LogP contribution in [-0.4, -0.2) is 222 Å². The molecule has 11 heteroatoms. The zero-order valence-electron chi connectivity index (χ0n) is 80.5. The van der Waals surface area contributed by atoms with Crippen molar-refractivity contribution in [3.8, 4) is 0 Å². The molecule has 8 aliphatic heterocycles. The van der Waals surface area contributed by atoms with Crippen LogP contribution in [-0.2, 0) is 16.0 Å². The van der Waals surface area contributed by atoms with Crippen molar-refractivity contribution in [3.63, 3.8) is 0 Å². The summed E-state index contributed by atoms with van der Waals surface area (Å²) in [5, 5.41) is 0. The minimum atomic E-state index is -0.859. The molecule has 0 N–H and O–H groups in total. The number of unbranched alkanes of at least 4 members (excludes halogenated alkanes) is 5. The second-order valence-corrected chi connectivity index (χ2v) is 36.6. The summed E-state index contributed by atoms with van der Waals surface area (Å²) >= 11 is 0. The van der Waals surface area contributed by atoms with Gasteiger partial charge in [0.15, 0.2) is 0 Å². The van der Waals surface area contributed by atoms with E-state index >= 15 is 0 Å². The second-order valence-electron chi connectivity index (χ2n) is 36.6. The first kappa shape index (κ1) is 114. The predicted molar refractivity (Wildman–Crippen MR) is 499 cm³/mol. The maximum absolute atomic E-state index is 12.8. The minimum Gasteiger partial charge on any atom is -0.385 e. The van der Waals surface area contributed by atoms with Gasteiger partial charge in [-0.3, -0.25) is 9.80 Å². The summed E-state index contributed by atoms with van der Waals surface area (Å²) in [4.78, 5) is 20.3. The Labute approximate surface area is 699 Å². The Kier molecular flexibility index (Phi) is 81.5. The van der Waals surface area contributed by atoms with Crippen molar-refractivity contribution >= 4 is 0 Å². The molecule has 10 aliphatic rings. The summed E-state index contributed by atoms with van der Waals surface area (Å²) in [6.07, 6.45) is 47.6. The van der Waals surface area contributed by atoms with Gasteiger partial charge in [0.05, 0.1) is 0 Å². The molecule has 8 saturated heterocycles. The molecule has 664 valence electrons. The van der Waals surface area contributed by atoms with Gasteiger partial charge in [0.2, 0.25) is 0 Å². The number of halogens is 1. The zero-order valence-corrected chi connectivity index (χ0v) is 80.5. The van der Waals surface area contributed by atoms with Crippen LogP contribution in [0.5, 0.6) is 0 Å². The molecule has 10 fully saturated rings. The molecule has 1 atom stereocenters. The number of alkyl halides is 1. The molecule has 2 aliphatic carbocycles. The molecule has 10 nitrogen and oxygen atoms in total. The first-order valence-corrected chi connectivity index (χ1v) is 48.4. The van der Waals surface area contributed by atoms with E-state index in [1.54, 1.807) is 21.1 Å². The fraction of sp³-hybridized carbons (Fsp3) is 0.920. The summed E-state index contributed by atoms with van der Waals surface area (Å²) in [6, 6.07) is 12.5. The average Bonchev–Trinajstić information content (AvgIpc) is 1.69. The van der Waals surface area contributed by atoms with E-state index in [-0.39, 0.29) is 0 Å². The molecular weight excluding hydrogens is 1360 g/mol. The Morgan fingerprint density at radius 3 is 1.02 bits per heavy atom. The van der Waals surface area contributed by atoms with Gasteiger partial charge in [-0.15, -0.1) is 0 Å². The van der Waals surface area contributed by atoms with Crippen LogP contribution >= 0.6 is 0 Å². The smallest absolute Gasteiger partial charge is 0.133 e. The normalized spacial score (nSPS) is 21.2. The van der Waals surface area contributed by atoms with Crippen molar-refractivity contribution in [2.45, 2.75) is 389 Å². The van der Waals surface area contributed by atoms with Gasteiger partial charge in [-0.05, 0) is 346 Å². The molecule has 11 rings (SSSR count). The van der Waals surface area contributed by atoms with Gasteiger partial charge in [-0.1, -0.05) is 232 Å². The first-order valence-electron chi connectivity index (χ1n) is 48.4. The Bertz CT molecular complexity index is 1910. The highest BCUT2D eigenvalue weighted by atomic mass is 19.1. The third-order valence-corrected chi connectivity index (χ3v) is 23.4. The largest absolute Gasteiger partial charge is 0.385 e. The third-order valence-electron chi connectivity index (χ3n) is 23.4. The molecule has 111 heavy (non-hydrogen) atoms. The van der Waals surface area contributed by atoms with Gasteiger partial charge in [-0.2, -0.15) is 0 Å². The highest BCUT2D eigenvalue weighted by molar-refractivity contribution is 5.14. The molecule has 2 saturated carbocycles. The van der Waals surface area contributed by atoms with E-state index in [1.165, 1.54) is 322 Å². The van der Waals surface area contributed by atoms with E-state index in [0.29, 0.717) is 13.1 Å². The SMILES string of the molecule is C/C=C/C.CC1(F)CN(C2CC2)C1.CC1CCN(C)CC1.CC1CCN(C2CC2)CC1.CC1CCN(Cc2ccccc2)CC1.CCC(C)C.CCCC.CCCCC.CCCCN1CCC(C)CC1.CCCCOC.CCCN1CCC(C)CC1.CCCN1CCC(C)CC1.CCCN1CCCC(C)C1.CCCOC. The Balaban J connectivity index is -0.00000115. The van der Waals surface area contributed by atoms with E-state index in [9.17, 15) is 4.39 Å². The maximum atomic E-state index is 12.8.